The van der Waals surface area contributed by atoms with Crippen molar-refractivity contribution in [2.24, 2.45) is 0 Å². The molecule has 0 fully saturated rings. The maximum absolute atomic E-state index is 13.0. The van der Waals surface area contributed by atoms with Crippen molar-refractivity contribution in [3.8, 4) is 11.1 Å². The summed E-state index contributed by atoms with van der Waals surface area (Å²) in [5.74, 6) is -0.0650. The number of esters is 1. The van der Waals surface area contributed by atoms with Crippen LogP contribution in [0.2, 0.25) is 0 Å². The molecule has 0 spiro atoms. The van der Waals surface area contributed by atoms with Gasteiger partial charge in [0.05, 0.1) is 13.7 Å². The molecule has 0 saturated heterocycles. The van der Waals surface area contributed by atoms with Gasteiger partial charge in [-0.15, -0.1) is 0 Å². The van der Waals surface area contributed by atoms with Crippen LogP contribution in [0, 0.1) is 6.92 Å². The van der Waals surface area contributed by atoms with Crippen LogP contribution in [-0.4, -0.2) is 42.1 Å². The zero-order valence-electron chi connectivity index (χ0n) is 15.8. The number of hydrogen-bond acceptors (Lipinski definition) is 5. The maximum atomic E-state index is 13.0. The molecule has 2 aromatic carbocycles. The Labute approximate surface area is 164 Å². The highest BCUT2D eigenvalue weighted by molar-refractivity contribution is 7.98. The number of benzene rings is 2. The summed E-state index contributed by atoms with van der Waals surface area (Å²) in [5.41, 5.74) is 3.84. The lowest BCUT2D eigenvalue weighted by atomic mass is 9.93. The Morgan fingerprint density at radius 2 is 1.93 bits per heavy atom. The van der Waals surface area contributed by atoms with Crippen LogP contribution >= 0.6 is 11.8 Å². The molecule has 2 N–H and O–H groups in total. The van der Waals surface area contributed by atoms with Gasteiger partial charge in [0.1, 0.15) is 6.04 Å². The summed E-state index contributed by atoms with van der Waals surface area (Å²) in [4.78, 5) is 25.0. The van der Waals surface area contributed by atoms with Gasteiger partial charge in [-0.3, -0.25) is 4.79 Å². The lowest BCUT2D eigenvalue weighted by molar-refractivity contribution is -0.142. The molecule has 1 atom stereocenters. The molecule has 0 saturated carbocycles. The highest BCUT2D eigenvalue weighted by atomic mass is 32.2. The van der Waals surface area contributed by atoms with Gasteiger partial charge < -0.3 is 15.2 Å². The van der Waals surface area contributed by atoms with Gasteiger partial charge in [-0.2, -0.15) is 11.8 Å². The van der Waals surface area contributed by atoms with Gasteiger partial charge in [0.15, 0.2) is 0 Å². The minimum atomic E-state index is -0.697. The van der Waals surface area contributed by atoms with Crippen molar-refractivity contribution in [1.82, 2.24) is 5.32 Å². The van der Waals surface area contributed by atoms with Crippen LogP contribution in [0.5, 0.6) is 0 Å². The third-order valence-electron chi connectivity index (χ3n) is 4.35. The van der Waals surface area contributed by atoms with Crippen LogP contribution < -0.4 is 5.32 Å². The molecule has 0 bridgehead atoms. The van der Waals surface area contributed by atoms with E-state index in [0.29, 0.717) is 12.0 Å². The Morgan fingerprint density at radius 1 is 1.19 bits per heavy atom. The normalized spacial score (nSPS) is 11.7. The number of aryl methyl sites for hydroxylation is 1. The highest BCUT2D eigenvalue weighted by Gasteiger charge is 2.23. The van der Waals surface area contributed by atoms with E-state index in [2.05, 4.69) is 5.32 Å². The van der Waals surface area contributed by atoms with E-state index in [1.54, 1.807) is 23.9 Å². The van der Waals surface area contributed by atoms with Crippen molar-refractivity contribution < 1.29 is 19.4 Å². The molecule has 2 aromatic rings. The van der Waals surface area contributed by atoms with Crippen molar-refractivity contribution in [1.29, 1.82) is 0 Å². The smallest absolute Gasteiger partial charge is 0.328 e. The molecular weight excluding hydrogens is 362 g/mol. The third kappa shape index (κ3) is 5.34. The van der Waals surface area contributed by atoms with Gasteiger partial charge in [-0.05, 0) is 59.7 Å². The maximum Gasteiger partial charge on any atom is 0.328 e. The zero-order valence-corrected chi connectivity index (χ0v) is 16.6. The van der Waals surface area contributed by atoms with E-state index < -0.39 is 12.0 Å². The highest BCUT2D eigenvalue weighted by Crippen LogP contribution is 2.28. The Hall–Kier alpha value is -2.31. The molecule has 144 valence electrons. The number of methoxy groups -OCH3 is 1. The molecular formula is C21H25NO4S. The van der Waals surface area contributed by atoms with Gasteiger partial charge in [-0.25, -0.2) is 4.79 Å². The fraction of sp³-hybridized carbons (Fsp3) is 0.333. The average Bonchev–Trinajstić information content (AvgIpc) is 2.70. The van der Waals surface area contributed by atoms with Gasteiger partial charge in [0.25, 0.3) is 5.91 Å². The molecule has 0 aliphatic carbocycles. The SMILES string of the molecule is COC(=O)[C@H](CCSC)NC(=O)c1ccc(CO)cc1-c1ccccc1C. The van der Waals surface area contributed by atoms with Crippen LogP contribution in [0.15, 0.2) is 42.5 Å². The third-order valence-corrected chi connectivity index (χ3v) is 4.99. The number of nitrogens with one attached hydrogen (secondary N) is 1. The van der Waals surface area contributed by atoms with E-state index >= 15 is 0 Å². The van der Waals surface area contributed by atoms with Gasteiger partial charge in [0, 0.05) is 5.56 Å². The Balaban J connectivity index is 2.40. The Morgan fingerprint density at radius 3 is 2.56 bits per heavy atom. The molecule has 0 unspecified atom stereocenters. The van der Waals surface area contributed by atoms with E-state index in [1.165, 1.54) is 7.11 Å². The second kappa shape index (κ2) is 10.1. The number of carbonyl (C=O) groups excluding carboxylic acids is 2. The van der Waals surface area contributed by atoms with Crippen molar-refractivity contribution in [3.05, 3.63) is 59.2 Å². The summed E-state index contributed by atoms with van der Waals surface area (Å²) >= 11 is 1.60. The number of amides is 1. The van der Waals surface area contributed by atoms with Crippen molar-refractivity contribution in [2.45, 2.75) is 26.0 Å². The van der Waals surface area contributed by atoms with Crippen LogP contribution in [0.25, 0.3) is 11.1 Å². The zero-order chi connectivity index (χ0) is 19.8. The van der Waals surface area contributed by atoms with Gasteiger partial charge >= 0.3 is 5.97 Å². The second-order valence-electron chi connectivity index (χ2n) is 6.18. The summed E-state index contributed by atoms with van der Waals surface area (Å²) in [6.07, 6.45) is 2.44. The predicted octanol–water partition coefficient (Wildman–Crippen LogP) is 3.18. The first-order chi connectivity index (χ1) is 13.0. The van der Waals surface area contributed by atoms with E-state index in [0.717, 1.165) is 28.0 Å². The summed E-state index contributed by atoms with van der Waals surface area (Å²) in [5, 5.41) is 12.3. The van der Waals surface area contributed by atoms with Crippen LogP contribution in [0.3, 0.4) is 0 Å². The molecule has 0 radical (unpaired) electrons. The topological polar surface area (TPSA) is 75.6 Å². The molecule has 2 rings (SSSR count). The Kier molecular flexibility index (Phi) is 7.88. The van der Waals surface area contributed by atoms with Crippen LogP contribution in [0.4, 0.5) is 0 Å². The van der Waals surface area contributed by atoms with Crippen molar-refractivity contribution in [3.63, 3.8) is 0 Å². The minimum absolute atomic E-state index is 0.112. The number of aliphatic hydroxyl groups excluding tert-OH is 1. The van der Waals surface area contributed by atoms with Gasteiger partial charge in [0.2, 0.25) is 0 Å². The van der Waals surface area contributed by atoms with E-state index in [9.17, 15) is 14.7 Å². The fourth-order valence-electron chi connectivity index (χ4n) is 2.85. The second-order valence-corrected chi connectivity index (χ2v) is 7.17. The van der Waals surface area contributed by atoms with E-state index in [4.69, 9.17) is 4.74 Å². The molecule has 27 heavy (non-hydrogen) atoms. The number of rotatable bonds is 8. The standard InChI is InChI=1S/C21H25NO4S/c1-14-6-4-5-7-16(14)18-12-15(13-23)8-9-17(18)20(24)22-19(10-11-27-3)21(25)26-2/h4-9,12,19,23H,10-11,13H2,1-3H3,(H,22,24)/t19-/m0/s1. The monoisotopic (exact) mass is 387 g/mol. The molecule has 0 aliphatic rings. The number of thioether (sulfide) groups is 1. The summed E-state index contributed by atoms with van der Waals surface area (Å²) in [7, 11) is 1.31. The molecule has 1 amide bonds. The van der Waals surface area contributed by atoms with Crippen molar-refractivity contribution >= 4 is 23.6 Å². The molecule has 6 heteroatoms. The molecule has 0 aliphatic heterocycles. The van der Waals surface area contributed by atoms with Crippen molar-refractivity contribution in [2.75, 3.05) is 19.1 Å². The number of aliphatic hydroxyl groups is 1. The number of ether oxygens (including phenoxy) is 1. The summed E-state index contributed by atoms with van der Waals surface area (Å²) in [6.45, 7) is 1.86. The quantitative estimate of drug-likeness (QED) is 0.681. The van der Waals surface area contributed by atoms with Crippen LogP contribution in [-0.2, 0) is 16.1 Å². The minimum Gasteiger partial charge on any atom is -0.467 e. The first-order valence-corrected chi connectivity index (χ1v) is 10.1. The first-order valence-electron chi connectivity index (χ1n) is 8.69. The number of carbonyl (C=O) groups is 2. The van der Waals surface area contributed by atoms with Crippen LogP contribution in [0.1, 0.15) is 27.9 Å². The molecule has 0 aromatic heterocycles. The predicted molar refractivity (Wildman–Crippen MR) is 109 cm³/mol. The van der Waals surface area contributed by atoms with E-state index in [-0.39, 0.29) is 12.5 Å². The van der Waals surface area contributed by atoms with Gasteiger partial charge in [-0.1, -0.05) is 30.3 Å². The average molecular weight is 388 g/mol. The van der Waals surface area contributed by atoms with E-state index in [1.807, 2.05) is 43.5 Å². The lowest BCUT2D eigenvalue weighted by Gasteiger charge is -2.18. The fourth-order valence-corrected chi connectivity index (χ4v) is 3.32. The Bertz CT molecular complexity index is 807. The largest absolute Gasteiger partial charge is 0.467 e. The lowest BCUT2D eigenvalue weighted by Crippen LogP contribution is -2.42. The summed E-state index contributed by atoms with van der Waals surface area (Å²) < 4.78 is 4.82. The first kappa shape index (κ1) is 21.0. The summed E-state index contributed by atoms with van der Waals surface area (Å²) in [6, 6.07) is 12.3. The number of hydrogen-bond donors (Lipinski definition) is 2. The molecule has 0 heterocycles. The molecule has 5 nitrogen and oxygen atoms in total.